The third-order valence-electron chi connectivity index (χ3n) is 1.91. The van der Waals surface area contributed by atoms with E-state index >= 15 is 0 Å². The van der Waals surface area contributed by atoms with E-state index in [0.717, 1.165) is 12.8 Å². The molecule has 1 saturated heterocycles. The van der Waals surface area contributed by atoms with Crippen molar-refractivity contribution in [3.05, 3.63) is 12.2 Å². The third kappa shape index (κ3) is 2.66. The molecule has 0 aromatic carbocycles. The molecule has 0 spiro atoms. The van der Waals surface area contributed by atoms with Crippen LogP contribution in [0, 0.1) is 0 Å². The van der Waals surface area contributed by atoms with Crippen molar-refractivity contribution < 1.29 is 14.3 Å². The van der Waals surface area contributed by atoms with Gasteiger partial charge in [0, 0.05) is 6.08 Å². The monoisotopic (exact) mass is 170 g/mol. The summed E-state index contributed by atoms with van der Waals surface area (Å²) in [6.45, 7) is 2.03. The highest BCUT2D eigenvalue weighted by Crippen LogP contribution is 2.19. The minimum atomic E-state index is -0.321. The lowest BCUT2D eigenvalue weighted by molar-refractivity contribution is -0.134. The third-order valence-corrected chi connectivity index (χ3v) is 1.91. The lowest BCUT2D eigenvalue weighted by Crippen LogP contribution is -2.05. The summed E-state index contributed by atoms with van der Waals surface area (Å²) in [7, 11) is 1.37. The maximum atomic E-state index is 10.7. The zero-order valence-corrected chi connectivity index (χ0v) is 7.45. The Morgan fingerprint density at radius 3 is 2.83 bits per heavy atom. The molecular formula is C9H14O3. The van der Waals surface area contributed by atoms with E-state index in [9.17, 15) is 4.79 Å². The maximum Gasteiger partial charge on any atom is 0.330 e. The summed E-state index contributed by atoms with van der Waals surface area (Å²) < 4.78 is 9.92. The van der Waals surface area contributed by atoms with Gasteiger partial charge in [-0.15, -0.1) is 0 Å². The van der Waals surface area contributed by atoms with Gasteiger partial charge < -0.3 is 9.47 Å². The molecule has 68 valence electrons. The summed E-state index contributed by atoms with van der Waals surface area (Å²) in [5.41, 5.74) is 0. The van der Waals surface area contributed by atoms with Gasteiger partial charge in [-0.2, -0.15) is 0 Å². The van der Waals surface area contributed by atoms with Crippen LogP contribution in [0.2, 0.25) is 0 Å². The lowest BCUT2D eigenvalue weighted by atomic mass is 10.2. The lowest BCUT2D eigenvalue weighted by Gasteiger charge is -2.04. The van der Waals surface area contributed by atoms with E-state index in [1.807, 2.05) is 6.92 Å². The molecule has 3 heteroatoms. The molecule has 0 aromatic heterocycles. The van der Waals surface area contributed by atoms with Crippen molar-refractivity contribution in [2.45, 2.75) is 32.0 Å². The molecule has 0 radical (unpaired) electrons. The predicted molar refractivity (Wildman–Crippen MR) is 44.7 cm³/mol. The number of rotatable bonds is 2. The second-order valence-corrected chi connectivity index (χ2v) is 2.94. The van der Waals surface area contributed by atoms with Crippen molar-refractivity contribution in [1.82, 2.24) is 0 Å². The van der Waals surface area contributed by atoms with Crippen LogP contribution in [-0.2, 0) is 14.3 Å². The molecule has 12 heavy (non-hydrogen) atoms. The second-order valence-electron chi connectivity index (χ2n) is 2.94. The quantitative estimate of drug-likeness (QED) is 0.462. The summed E-state index contributed by atoms with van der Waals surface area (Å²) in [6.07, 6.45) is 5.65. The Hall–Kier alpha value is -0.830. The van der Waals surface area contributed by atoms with E-state index in [0.29, 0.717) is 6.10 Å². The van der Waals surface area contributed by atoms with Crippen LogP contribution >= 0.6 is 0 Å². The highest BCUT2D eigenvalue weighted by molar-refractivity contribution is 5.81. The van der Waals surface area contributed by atoms with Gasteiger partial charge in [-0.05, 0) is 25.8 Å². The van der Waals surface area contributed by atoms with Gasteiger partial charge in [0.05, 0.1) is 19.3 Å². The van der Waals surface area contributed by atoms with E-state index in [-0.39, 0.29) is 12.1 Å². The van der Waals surface area contributed by atoms with E-state index < -0.39 is 0 Å². The Balaban J connectivity index is 2.31. The molecule has 1 rings (SSSR count). The molecule has 1 heterocycles. The maximum absolute atomic E-state index is 10.7. The van der Waals surface area contributed by atoms with Gasteiger partial charge in [0.2, 0.25) is 0 Å². The molecule has 0 aromatic rings. The SMILES string of the molecule is COC(=O)/C=C/C1CCC(C)O1. The highest BCUT2D eigenvalue weighted by atomic mass is 16.5. The molecule has 1 aliphatic heterocycles. The zero-order valence-electron chi connectivity index (χ0n) is 7.45. The summed E-state index contributed by atoms with van der Waals surface area (Å²) in [5, 5.41) is 0. The number of carbonyl (C=O) groups is 1. The number of methoxy groups -OCH3 is 1. The molecule has 0 saturated carbocycles. The molecule has 2 atom stereocenters. The second kappa shape index (κ2) is 4.26. The van der Waals surface area contributed by atoms with Crippen LogP contribution in [0.15, 0.2) is 12.2 Å². The predicted octanol–water partition coefficient (Wildman–Crippen LogP) is 1.28. The van der Waals surface area contributed by atoms with Gasteiger partial charge in [0.1, 0.15) is 0 Å². The molecule has 2 unspecified atom stereocenters. The van der Waals surface area contributed by atoms with E-state index in [1.165, 1.54) is 13.2 Å². The Bertz CT molecular complexity index is 186. The van der Waals surface area contributed by atoms with Gasteiger partial charge in [-0.25, -0.2) is 4.79 Å². The normalized spacial score (nSPS) is 29.5. The Morgan fingerprint density at radius 1 is 1.58 bits per heavy atom. The van der Waals surface area contributed by atoms with Crippen molar-refractivity contribution in [2.24, 2.45) is 0 Å². The Labute approximate surface area is 72.4 Å². The van der Waals surface area contributed by atoms with Crippen molar-refractivity contribution in [1.29, 1.82) is 0 Å². The molecule has 0 N–H and O–H groups in total. The first-order valence-corrected chi connectivity index (χ1v) is 4.14. The number of carbonyl (C=O) groups excluding carboxylic acids is 1. The van der Waals surface area contributed by atoms with Crippen LogP contribution in [0.3, 0.4) is 0 Å². The number of hydrogen-bond donors (Lipinski definition) is 0. The van der Waals surface area contributed by atoms with Crippen molar-refractivity contribution in [3.8, 4) is 0 Å². The highest BCUT2D eigenvalue weighted by Gasteiger charge is 2.19. The van der Waals surface area contributed by atoms with Gasteiger partial charge >= 0.3 is 5.97 Å². The number of ether oxygens (including phenoxy) is 2. The fourth-order valence-electron chi connectivity index (χ4n) is 1.23. The summed E-state index contributed by atoms with van der Waals surface area (Å²) in [5.74, 6) is -0.321. The largest absolute Gasteiger partial charge is 0.466 e. The van der Waals surface area contributed by atoms with Crippen molar-refractivity contribution in [3.63, 3.8) is 0 Å². The average Bonchev–Trinajstić information content (AvgIpc) is 2.47. The molecular weight excluding hydrogens is 156 g/mol. The van der Waals surface area contributed by atoms with Crippen LogP contribution in [0.5, 0.6) is 0 Å². The minimum absolute atomic E-state index is 0.0964. The Morgan fingerprint density at radius 2 is 2.33 bits per heavy atom. The van der Waals surface area contributed by atoms with Crippen LogP contribution in [-0.4, -0.2) is 25.3 Å². The van der Waals surface area contributed by atoms with Gasteiger partial charge in [0.15, 0.2) is 0 Å². The molecule has 1 fully saturated rings. The van der Waals surface area contributed by atoms with Crippen LogP contribution in [0.1, 0.15) is 19.8 Å². The fraction of sp³-hybridized carbons (Fsp3) is 0.667. The summed E-state index contributed by atoms with van der Waals surface area (Å²) in [6, 6.07) is 0. The van der Waals surface area contributed by atoms with E-state index in [4.69, 9.17) is 4.74 Å². The van der Waals surface area contributed by atoms with E-state index in [2.05, 4.69) is 4.74 Å². The summed E-state index contributed by atoms with van der Waals surface area (Å²) in [4.78, 5) is 10.7. The van der Waals surface area contributed by atoms with Gasteiger partial charge in [-0.3, -0.25) is 0 Å². The molecule has 0 bridgehead atoms. The zero-order chi connectivity index (χ0) is 8.97. The Kier molecular flexibility index (Phi) is 3.29. The topological polar surface area (TPSA) is 35.5 Å². The van der Waals surface area contributed by atoms with Crippen molar-refractivity contribution >= 4 is 5.97 Å². The minimum Gasteiger partial charge on any atom is -0.466 e. The van der Waals surface area contributed by atoms with Crippen molar-refractivity contribution in [2.75, 3.05) is 7.11 Å². The molecule has 0 aliphatic carbocycles. The van der Waals surface area contributed by atoms with Gasteiger partial charge in [-0.1, -0.05) is 0 Å². The van der Waals surface area contributed by atoms with E-state index in [1.54, 1.807) is 6.08 Å². The first kappa shape index (κ1) is 9.26. The van der Waals surface area contributed by atoms with Crippen LogP contribution in [0.25, 0.3) is 0 Å². The average molecular weight is 170 g/mol. The first-order valence-electron chi connectivity index (χ1n) is 4.14. The van der Waals surface area contributed by atoms with Crippen LogP contribution < -0.4 is 0 Å². The standard InChI is InChI=1S/C9H14O3/c1-7-3-4-8(12-7)5-6-9(10)11-2/h5-8H,3-4H2,1-2H3/b6-5+. The van der Waals surface area contributed by atoms with Gasteiger partial charge in [0.25, 0.3) is 0 Å². The smallest absolute Gasteiger partial charge is 0.330 e. The number of hydrogen-bond acceptors (Lipinski definition) is 3. The first-order chi connectivity index (χ1) is 5.72. The fourth-order valence-corrected chi connectivity index (χ4v) is 1.23. The molecule has 1 aliphatic rings. The van der Waals surface area contributed by atoms with Crippen LogP contribution in [0.4, 0.5) is 0 Å². The molecule has 0 amide bonds. The summed E-state index contributed by atoms with van der Waals surface area (Å²) >= 11 is 0. The number of esters is 1. The molecule has 3 nitrogen and oxygen atoms in total.